The van der Waals surface area contributed by atoms with Crippen molar-refractivity contribution in [1.29, 1.82) is 0 Å². The van der Waals surface area contributed by atoms with E-state index in [9.17, 15) is 4.39 Å². The smallest absolute Gasteiger partial charge is 0.165 e. The van der Waals surface area contributed by atoms with E-state index in [1.165, 1.54) is 13.2 Å². The number of pyridine rings is 1. The summed E-state index contributed by atoms with van der Waals surface area (Å²) in [6, 6.07) is 8.52. The van der Waals surface area contributed by atoms with Crippen molar-refractivity contribution in [2.75, 3.05) is 7.11 Å². The monoisotopic (exact) mass is 203 g/mol. The number of hydrogen-bond acceptors (Lipinski definition) is 2. The number of hydrogen-bond donors (Lipinski definition) is 0. The molecule has 0 saturated carbocycles. The number of nitrogens with zero attached hydrogens (tertiary/aromatic N) is 1. The second kappa shape index (κ2) is 4.09. The molecule has 0 aliphatic heterocycles. The predicted octanol–water partition coefficient (Wildman–Crippen LogP) is 2.90. The van der Waals surface area contributed by atoms with Crippen LogP contribution in [0.25, 0.3) is 11.1 Å². The van der Waals surface area contributed by atoms with Crippen LogP contribution in [-0.2, 0) is 0 Å². The second-order valence-electron chi connectivity index (χ2n) is 3.09. The van der Waals surface area contributed by atoms with Crippen LogP contribution in [-0.4, -0.2) is 12.1 Å². The van der Waals surface area contributed by atoms with Gasteiger partial charge >= 0.3 is 0 Å². The summed E-state index contributed by atoms with van der Waals surface area (Å²) in [6.45, 7) is 0. The molecule has 15 heavy (non-hydrogen) atoms. The summed E-state index contributed by atoms with van der Waals surface area (Å²) in [6.07, 6.45) is 3.40. The highest BCUT2D eigenvalue weighted by Gasteiger charge is 2.04. The van der Waals surface area contributed by atoms with Gasteiger partial charge in [0.05, 0.1) is 7.11 Å². The zero-order valence-electron chi connectivity index (χ0n) is 8.27. The Morgan fingerprint density at radius 2 is 1.80 bits per heavy atom. The lowest BCUT2D eigenvalue weighted by molar-refractivity contribution is 0.387. The summed E-state index contributed by atoms with van der Waals surface area (Å²) in [5.74, 6) is -0.0976. The Balaban J connectivity index is 2.46. The molecule has 0 fully saturated rings. The van der Waals surface area contributed by atoms with Crippen molar-refractivity contribution in [3.8, 4) is 16.9 Å². The van der Waals surface area contributed by atoms with E-state index in [-0.39, 0.29) is 11.6 Å². The van der Waals surface area contributed by atoms with Crippen molar-refractivity contribution >= 4 is 0 Å². The summed E-state index contributed by atoms with van der Waals surface area (Å²) in [7, 11) is 1.45. The van der Waals surface area contributed by atoms with Gasteiger partial charge in [-0.1, -0.05) is 6.07 Å². The van der Waals surface area contributed by atoms with Crippen LogP contribution >= 0.6 is 0 Å². The van der Waals surface area contributed by atoms with E-state index in [1.807, 2.05) is 12.1 Å². The molecule has 0 N–H and O–H groups in total. The number of ether oxygens (including phenoxy) is 1. The van der Waals surface area contributed by atoms with Gasteiger partial charge in [-0.15, -0.1) is 0 Å². The Hall–Kier alpha value is -1.90. The van der Waals surface area contributed by atoms with E-state index >= 15 is 0 Å². The number of methoxy groups -OCH3 is 1. The lowest BCUT2D eigenvalue weighted by atomic mass is 10.1. The molecular weight excluding hydrogens is 193 g/mol. The van der Waals surface area contributed by atoms with Gasteiger partial charge in [0.25, 0.3) is 0 Å². The maximum Gasteiger partial charge on any atom is 0.165 e. The van der Waals surface area contributed by atoms with Crippen LogP contribution < -0.4 is 4.74 Å². The van der Waals surface area contributed by atoms with Gasteiger partial charge in [0.1, 0.15) is 0 Å². The molecule has 0 amide bonds. The first-order valence-electron chi connectivity index (χ1n) is 4.55. The highest BCUT2D eigenvalue weighted by Crippen LogP contribution is 2.25. The van der Waals surface area contributed by atoms with Crippen molar-refractivity contribution in [3.63, 3.8) is 0 Å². The second-order valence-corrected chi connectivity index (χ2v) is 3.09. The molecule has 0 saturated heterocycles. The third-order valence-electron chi connectivity index (χ3n) is 2.16. The fourth-order valence-electron chi connectivity index (χ4n) is 1.38. The Labute approximate surface area is 87.4 Å². The SMILES string of the molecule is COc1cc(-c2ccncc2)ccc1F. The summed E-state index contributed by atoms with van der Waals surface area (Å²) in [5, 5.41) is 0. The lowest BCUT2D eigenvalue weighted by Crippen LogP contribution is -1.88. The van der Waals surface area contributed by atoms with Gasteiger partial charge in [0.15, 0.2) is 11.6 Å². The van der Waals surface area contributed by atoms with Crippen LogP contribution in [0.15, 0.2) is 42.7 Å². The maximum atomic E-state index is 13.1. The highest BCUT2D eigenvalue weighted by atomic mass is 19.1. The topological polar surface area (TPSA) is 22.1 Å². The first-order chi connectivity index (χ1) is 7.31. The largest absolute Gasteiger partial charge is 0.494 e. The molecule has 1 heterocycles. The third kappa shape index (κ3) is 1.96. The molecule has 3 heteroatoms. The van der Waals surface area contributed by atoms with Gasteiger partial charge < -0.3 is 4.74 Å². The van der Waals surface area contributed by atoms with Gasteiger partial charge in [0, 0.05) is 12.4 Å². The molecule has 0 unspecified atom stereocenters. The first kappa shape index (κ1) is 9.65. The fourth-order valence-corrected chi connectivity index (χ4v) is 1.38. The van der Waals surface area contributed by atoms with Crippen LogP contribution in [0.4, 0.5) is 4.39 Å². The van der Waals surface area contributed by atoms with Crippen molar-refractivity contribution in [2.45, 2.75) is 0 Å². The van der Waals surface area contributed by atoms with E-state index in [4.69, 9.17) is 4.74 Å². The Morgan fingerprint density at radius 1 is 1.07 bits per heavy atom. The molecule has 2 nitrogen and oxygen atoms in total. The standard InChI is InChI=1S/C12H10FNO/c1-15-12-8-10(2-3-11(12)13)9-4-6-14-7-5-9/h2-8H,1H3. The Bertz CT molecular complexity index is 456. The van der Waals surface area contributed by atoms with Gasteiger partial charge in [0.2, 0.25) is 0 Å². The predicted molar refractivity (Wildman–Crippen MR) is 56.2 cm³/mol. The van der Waals surface area contributed by atoms with Crippen LogP contribution in [0, 0.1) is 5.82 Å². The van der Waals surface area contributed by atoms with E-state index < -0.39 is 0 Å². The molecule has 0 radical (unpaired) electrons. The highest BCUT2D eigenvalue weighted by molar-refractivity contribution is 5.64. The summed E-state index contributed by atoms with van der Waals surface area (Å²) < 4.78 is 18.1. The molecule has 0 aliphatic carbocycles. The van der Waals surface area contributed by atoms with Crippen LogP contribution in [0.1, 0.15) is 0 Å². The minimum atomic E-state index is -0.352. The van der Waals surface area contributed by atoms with E-state index in [0.29, 0.717) is 0 Å². The first-order valence-corrected chi connectivity index (χ1v) is 4.55. The van der Waals surface area contributed by atoms with E-state index in [1.54, 1.807) is 24.5 Å². The maximum absolute atomic E-state index is 13.1. The molecule has 2 aromatic rings. The summed E-state index contributed by atoms with van der Waals surface area (Å²) in [5.41, 5.74) is 1.90. The van der Waals surface area contributed by atoms with Crippen molar-refractivity contribution in [3.05, 3.63) is 48.5 Å². The minimum Gasteiger partial charge on any atom is -0.494 e. The molecule has 1 aromatic carbocycles. The average molecular weight is 203 g/mol. The Kier molecular flexibility index (Phi) is 2.63. The van der Waals surface area contributed by atoms with Crippen molar-refractivity contribution < 1.29 is 9.13 Å². The van der Waals surface area contributed by atoms with Crippen LogP contribution in [0.2, 0.25) is 0 Å². The number of rotatable bonds is 2. The van der Waals surface area contributed by atoms with Gasteiger partial charge in [-0.05, 0) is 35.4 Å². The lowest BCUT2D eigenvalue weighted by Gasteiger charge is -2.05. The molecule has 2 rings (SSSR count). The quantitative estimate of drug-likeness (QED) is 0.748. The number of aromatic nitrogens is 1. The molecule has 0 bridgehead atoms. The van der Waals surface area contributed by atoms with Crippen LogP contribution in [0.3, 0.4) is 0 Å². The van der Waals surface area contributed by atoms with Gasteiger partial charge in [-0.25, -0.2) is 4.39 Å². The zero-order valence-corrected chi connectivity index (χ0v) is 8.27. The molecule has 0 aliphatic rings. The third-order valence-corrected chi connectivity index (χ3v) is 2.16. The Morgan fingerprint density at radius 3 is 2.47 bits per heavy atom. The molecular formula is C12H10FNO. The normalized spacial score (nSPS) is 10.0. The van der Waals surface area contributed by atoms with E-state index in [0.717, 1.165) is 11.1 Å². The van der Waals surface area contributed by atoms with Crippen molar-refractivity contribution in [2.24, 2.45) is 0 Å². The minimum absolute atomic E-state index is 0.254. The van der Waals surface area contributed by atoms with Gasteiger partial charge in [-0.3, -0.25) is 4.98 Å². The molecule has 0 atom stereocenters. The van der Waals surface area contributed by atoms with Gasteiger partial charge in [-0.2, -0.15) is 0 Å². The van der Waals surface area contributed by atoms with Crippen LogP contribution in [0.5, 0.6) is 5.75 Å². The summed E-state index contributed by atoms with van der Waals surface area (Å²) in [4.78, 5) is 3.93. The number of halogens is 1. The fraction of sp³-hybridized carbons (Fsp3) is 0.0833. The molecule has 76 valence electrons. The van der Waals surface area contributed by atoms with E-state index in [2.05, 4.69) is 4.98 Å². The van der Waals surface area contributed by atoms with Crippen molar-refractivity contribution in [1.82, 2.24) is 4.98 Å². The summed E-state index contributed by atoms with van der Waals surface area (Å²) >= 11 is 0. The average Bonchev–Trinajstić information content (AvgIpc) is 2.31. The zero-order chi connectivity index (χ0) is 10.7. The molecule has 1 aromatic heterocycles. The number of benzene rings is 1. The molecule has 0 spiro atoms.